The molecule has 196 valence electrons. The Hall–Kier alpha value is -1.10. The van der Waals surface area contributed by atoms with Gasteiger partial charge in [0.1, 0.15) is 11.5 Å². The van der Waals surface area contributed by atoms with Crippen molar-refractivity contribution in [2.45, 2.75) is 29.8 Å². The first kappa shape index (κ1) is 27.9. The predicted molar refractivity (Wildman–Crippen MR) is 140 cm³/mol. The van der Waals surface area contributed by atoms with Crippen LogP contribution >= 0.6 is 46.4 Å². The van der Waals surface area contributed by atoms with Crippen LogP contribution in [0.15, 0.2) is 41.3 Å². The molecule has 0 saturated carbocycles. The van der Waals surface area contributed by atoms with Crippen LogP contribution in [0, 0.1) is 5.92 Å². The molecule has 7 nitrogen and oxygen atoms in total. The van der Waals surface area contributed by atoms with Crippen LogP contribution in [0.3, 0.4) is 0 Å². The van der Waals surface area contributed by atoms with Gasteiger partial charge in [-0.2, -0.15) is 4.31 Å². The van der Waals surface area contributed by atoms with Crippen molar-refractivity contribution in [3.05, 3.63) is 62.1 Å². The SMILES string of the molecule is O=C(COCC1CCN(S(=O)(=O)c2c(Cl)cc(Cl)cc2Cl)C1)N1CCC(O)(c2ccc(Cl)cc2)CC1. The van der Waals surface area contributed by atoms with E-state index in [4.69, 9.17) is 51.1 Å². The lowest BCUT2D eigenvalue weighted by molar-refractivity contribution is -0.141. The van der Waals surface area contributed by atoms with Gasteiger partial charge in [-0.1, -0.05) is 58.5 Å². The van der Waals surface area contributed by atoms with E-state index in [1.165, 1.54) is 16.4 Å². The van der Waals surface area contributed by atoms with Crippen LogP contribution in [0.4, 0.5) is 0 Å². The summed E-state index contributed by atoms with van der Waals surface area (Å²) in [6.45, 7) is 1.53. The Morgan fingerprint density at radius 3 is 2.22 bits per heavy atom. The number of piperidine rings is 1. The highest BCUT2D eigenvalue weighted by Gasteiger charge is 2.37. The molecule has 0 aliphatic carbocycles. The largest absolute Gasteiger partial charge is 0.385 e. The normalized spacial score (nSPS) is 20.6. The second-order valence-corrected chi connectivity index (χ2v) is 12.7. The van der Waals surface area contributed by atoms with Crippen LogP contribution < -0.4 is 0 Å². The van der Waals surface area contributed by atoms with E-state index < -0.39 is 15.6 Å². The number of rotatable bonds is 7. The quantitative estimate of drug-likeness (QED) is 0.495. The Bertz CT molecular complexity index is 1190. The van der Waals surface area contributed by atoms with Gasteiger partial charge in [-0.3, -0.25) is 4.79 Å². The standard InChI is InChI=1S/C24H26Cl4N2O5S/c25-18-3-1-17(2-4-18)24(32)6-9-29(10-7-24)22(31)15-35-14-16-5-8-30(13-16)36(33,34)23-20(27)11-19(26)12-21(23)28/h1-4,11-12,16,32H,5-10,13-15H2. The Kier molecular flexibility index (Phi) is 8.79. The number of likely N-dealkylation sites (tertiary alicyclic amines) is 1. The van der Waals surface area contributed by atoms with Crippen LogP contribution in [-0.4, -0.2) is 68.0 Å². The fourth-order valence-electron chi connectivity index (χ4n) is 4.63. The molecule has 2 aromatic rings. The molecule has 0 bridgehead atoms. The van der Waals surface area contributed by atoms with Gasteiger partial charge in [-0.05, 0) is 55.0 Å². The van der Waals surface area contributed by atoms with Crippen LogP contribution in [0.25, 0.3) is 0 Å². The van der Waals surface area contributed by atoms with Gasteiger partial charge in [0.2, 0.25) is 15.9 Å². The molecular weight excluding hydrogens is 570 g/mol. The lowest BCUT2D eigenvalue weighted by Gasteiger charge is -2.38. The third-order valence-electron chi connectivity index (χ3n) is 6.71. The minimum absolute atomic E-state index is 0.0257. The molecule has 0 spiro atoms. The third kappa shape index (κ3) is 6.13. The topological polar surface area (TPSA) is 87.2 Å². The third-order valence-corrected chi connectivity index (χ3v) is 9.97. The van der Waals surface area contributed by atoms with Crippen molar-refractivity contribution in [2.24, 2.45) is 5.92 Å². The highest BCUT2D eigenvalue weighted by atomic mass is 35.5. The maximum atomic E-state index is 13.1. The zero-order chi connectivity index (χ0) is 26.1. The summed E-state index contributed by atoms with van der Waals surface area (Å²) < 4.78 is 33.1. The summed E-state index contributed by atoms with van der Waals surface area (Å²) in [7, 11) is -3.90. The smallest absolute Gasteiger partial charge is 0.248 e. The predicted octanol–water partition coefficient (Wildman–Crippen LogP) is 4.84. The Morgan fingerprint density at radius 1 is 1.00 bits per heavy atom. The molecule has 12 heteroatoms. The molecule has 2 fully saturated rings. The van der Waals surface area contributed by atoms with E-state index in [0.29, 0.717) is 43.9 Å². The van der Waals surface area contributed by atoms with Crippen molar-refractivity contribution in [1.82, 2.24) is 9.21 Å². The van der Waals surface area contributed by atoms with Crippen molar-refractivity contribution < 1.29 is 23.1 Å². The number of halogens is 4. The van der Waals surface area contributed by atoms with E-state index in [2.05, 4.69) is 0 Å². The lowest BCUT2D eigenvalue weighted by Crippen LogP contribution is -2.46. The van der Waals surface area contributed by atoms with Gasteiger partial charge in [0, 0.05) is 36.2 Å². The fourth-order valence-corrected chi connectivity index (χ4v) is 7.78. The molecule has 1 N–H and O–H groups in total. The van der Waals surface area contributed by atoms with E-state index in [0.717, 1.165) is 5.56 Å². The summed E-state index contributed by atoms with van der Waals surface area (Å²) in [5.74, 6) is -0.218. The first-order valence-corrected chi connectivity index (χ1v) is 14.4. The van der Waals surface area contributed by atoms with Crippen molar-refractivity contribution >= 4 is 62.3 Å². The number of sulfonamides is 1. The summed E-state index contributed by atoms with van der Waals surface area (Å²) in [6.07, 6.45) is 1.44. The van der Waals surface area contributed by atoms with E-state index in [1.807, 2.05) is 12.1 Å². The van der Waals surface area contributed by atoms with Gasteiger partial charge >= 0.3 is 0 Å². The van der Waals surface area contributed by atoms with Gasteiger partial charge in [-0.15, -0.1) is 0 Å². The zero-order valence-corrected chi connectivity index (χ0v) is 23.1. The molecule has 4 rings (SSSR count). The van der Waals surface area contributed by atoms with Gasteiger partial charge in [0.25, 0.3) is 0 Å². The van der Waals surface area contributed by atoms with E-state index in [-0.39, 0.29) is 51.5 Å². The second kappa shape index (κ2) is 11.3. The Morgan fingerprint density at radius 2 is 1.61 bits per heavy atom. The number of amides is 1. The molecule has 36 heavy (non-hydrogen) atoms. The number of ether oxygens (including phenoxy) is 1. The first-order chi connectivity index (χ1) is 17.0. The van der Waals surface area contributed by atoms with Crippen LogP contribution in [0.1, 0.15) is 24.8 Å². The summed E-state index contributed by atoms with van der Waals surface area (Å²) in [6, 6.07) is 9.80. The van der Waals surface area contributed by atoms with E-state index in [1.54, 1.807) is 17.0 Å². The number of carbonyl (C=O) groups excluding carboxylic acids is 1. The van der Waals surface area contributed by atoms with E-state index in [9.17, 15) is 18.3 Å². The molecule has 2 aliphatic heterocycles. The zero-order valence-electron chi connectivity index (χ0n) is 19.3. The lowest BCUT2D eigenvalue weighted by atomic mass is 9.84. The monoisotopic (exact) mass is 594 g/mol. The first-order valence-electron chi connectivity index (χ1n) is 11.5. The fraction of sp³-hybridized carbons (Fsp3) is 0.458. The number of hydrogen-bond acceptors (Lipinski definition) is 5. The average Bonchev–Trinajstić information content (AvgIpc) is 3.29. The number of nitrogens with zero attached hydrogens (tertiary/aromatic N) is 2. The van der Waals surface area contributed by atoms with Gasteiger partial charge in [0.05, 0.1) is 22.3 Å². The van der Waals surface area contributed by atoms with Crippen molar-refractivity contribution in [3.8, 4) is 0 Å². The average molecular weight is 596 g/mol. The highest BCUT2D eigenvalue weighted by molar-refractivity contribution is 7.89. The molecule has 1 unspecified atom stereocenters. The summed E-state index contributed by atoms with van der Waals surface area (Å²) in [5.41, 5.74) is -0.200. The van der Waals surface area contributed by atoms with E-state index >= 15 is 0 Å². The molecule has 2 aromatic carbocycles. The maximum absolute atomic E-state index is 13.1. The second-order valence-electron chi connectivity index (χ2n) is 9.15. The molecule has 1 atom stereocenters. The summed E-state index contributed by atoms with van der Waals surface area (Å²) in [5, 5.41) is 11.8. The van der Waals surface area contributed by atoms with Crippen LogP contribution in [0.2, 0.25) is 20.1 Å². The minimum atomic E-state index is -3.90. The van der Waals surface area contributed by atoms with Gasteiger partial charge in [-0.25, -0.2) is 8.42 Å². The maximum Gasteiger partial charge on any atom is 0.248 e. The van der Waals surface area contributed by atoms with Crippen LogP contribution in [-0.2, 0) is 25.2 Å². The molecule has 1 amide bonds. The molecule has 0 aromatic heterocycles. The van der Waals surface area contributed by atoms with Crippen molar-refractivity contribution in [3.63, 3.8) is 0 Å². The number of benzene rings is 2. The molecule has 2 aliphatic rings. The number of carbonyl (C=O) groups is 1. The molecule has 0 radical (unpaired) electrons. The summed E-state index contributed by atoms with van der Waals surface area (Å²) >= 11 is 24.1. The number of aliphatic hydroxyl groups is 1. The highest BCUT2D eigenvalue weighted by Crippen LogP contribution is 2.36. The molecule has 2 heterocycles. The van der Waals surface area contributed by atoms with Gasteiger partial charge < -0.3 is 14.7 Å². The van der Waals surface area contributed by atoms with Crippen molar-refractivity contribution in [2.75, 3.05) is 39.4 Å². The van der Waals surface area contributed by atoms with Gasteiger partial charge in [0.15, 0.2) is 0 Å². The Balaban J connectivity index is 1.25. The number of hydrogen-bond donors (Lipinski definition) is 1. The molecular formula is C24H26Cl4N2O5S. The minimum Gasteiger partial charge on any atom is -0.385 e. The Labute approximate surface area is 230 Å². The summed E-state index contributed by atoms with van der Waals surface area (Å²) in [4.78, 5) is 14.2. The van der Waals surface area contributed by atoms with Crippen molar-refractivity contribution in [1.29, 1.82) is 0 Å². The van der Waals surface area contributed by atoms with Crippen LogP contribution in [0.5, 0.6) is 0 Å². The molecule has 2 saturated heterocycles.